The van der Waals surface area contributed by atoms with Crippen LogP contribution in [-0.4, -0.2) is 56.0 Å². The van der Waals surface area contributed by atoms with Gasteiger partial charge in [0.2, 0.25) is 0 Å². The summed E-state index contributed by atoms with van der Waals surface area (Å²) in [5, 5.41) is 11.8. The van der Waals surface area contributed by atoms with E-state index in [-0.39, 0.29) is 11.9 Å². The Morgan fingerprint density at radius 2 is 2.16 bits per heavy atom. The monoisotopic (exact) mass is 363 g/mol. The van der Waals surface area contributed by atoms with Crippen molar-refractivity contribution in [1.82, 2.24) is 15.0 Å². The maximum absolute atomic E-state index is 14.6. The van der Waals surface area contributed by atoms with Crippen molar-refractivity contribution in [2.75, 3.05) is 29.5 Å². The molecule has 0 N–H and O–H groups in total. The molecule has 0 aliphatic carbocycles. The van der Waals surface area contributed by atoms with Crippen LogP contribution >= 0.6 is 0 Å². The van der Waals surface area contributed by atoms with Crippen molar-refractivity contribution in [3.05, 3.63) is 42.0 Å². The van der Waals surface area contributed by atoms with Gasteiger partial charge in [0.05, 0.1) is 37.2 Å². The summed E-state index contributed by atoms with van der Waals surface area (Å²) in [5.41, 5.74) is 2.01. The SMILES string of the molecule is [O-][S+]1CCN(c2ccc(C3=NO[C@H](Cn4ccnn4)C3)cc2F)CC1. The Balaban J connectivity index is 1.42. The average Bonchev–Trinajstić information content (AvgIpc) is 3.28. The summed E-state index contributed by atoms with van der Waals surface area (Å²) in [5.74, 6) is 0.893. The van der Waals surface area contributed by atoms with Crippen molar-refractivity contribution >= 4 is 22.6 Å². The fourth-order valence-electron chi connectivity index (χ4n) is 3.06. The molecule has 0 radical (unpaired) electrons. The lowest BCUT2D eigenvalue weighted by atomic mass is 10.0. The third kappa shape index (κ3) is 3.62. The molecule has 132 valence electrons. The molecule has 0 saturated carbocycles. The molecule has 0 bridgehead atoms. The zero-order valence-corrected chi connectivity index (χ0v) is 14.4. The molecule has 2 aromatic rings. The van der Waals surface area contributed by atoms with Gasteiger partial charge in [-0.15, -0.1) is 5.10 Å². The van der Waals surface area contributed by atoms with E-state index < -0.39 is 11.2 Å². The van der Waals surface area contributed by atoms with Crippen molar-refractivity contribution < 1.29 is 13.8 Å². The first-order valence-corrected chi connectivity index (χ1v) is 9.64. The van der Waals surface area contributed by atoms with Gasteiger partial charge in [0, 0.05) is 18.2 Å². The highest BCUT2D eigenvalue weighted by atomic mass is 32.2. The number of hydrogen-bond acceptors (Lipinski definition) is 6. The minimum absolute atomic E-state index is 0.128. The quantitative estimate of drug-likeness (QED) is 0.762. The van der Waals surface area contributed by atoms with E-state index in [4.69, 9.17) is 4.84 Å². The molecule has 0 amide bonds. The van der Waals surface area contributed by atoms with Crippen molar-refractivity contribution in [3.63, 3.8) is 0 Å². The molecule has 25 heavy (non-hydrogen) atoms. The van der Waals surface area contributed by atoms with Gasteiger partial charge in [-0.05, 0) is 12.1 Å². The maximum Gasteiger partial charge on any atom is 0.152 e. The zero-order chi connectivity index (χ0) is 17.2. The number of nitrogens with zero attached hydrogens (tertiary/aromatic N) is 5. The summed E-state index contributed by atoms with van der Waals surface area (Å²) in [6, 6.07) is 5.14. The minimum atomic E-state index is -0.777. The second kappa shape index (κ2) is 7.01. The minimum Gasteiger partial charge on any atom is -0.616 e. The fourth-order valence-corrected chi connectivity index (χ4v) is 4.11. The number of anilines is 1. The summed E-state index contributed by atoms with van der Waals surface area (Å²) in [6.45, 7) is 1.79. The molecule has 1 fully saturated rings. The Labute approximate surface area is 147 Å². The van der Waals surface area contributed by atoms with Crippen LogP contribution in [-0.2, 0) is 22.6 Å². The third-order valence-corrected chi connectivity index (χ3v) is 5.67. The summed E-state index contributed by atoms with van der Waals surface area (Å²) in [6.07, 6.45) is 3.85. The Kier molecular flexibility index (Phi) is 4.58. The Morgan fingerprint density at radius 3 is 2.88 bits per heavy atom. The second-order valence-corrected chi connectivity index (χ2v) is 7.79. The Morgan fingerprint density at radius 1 is 1.32 bits per heavy atom. The fraction of sp³-hybridized carbons (Fsp3) is 0.438. The van der Waals surface area contributed by atoms with E-state index in [1.807, 2.05) is 11.0 Å². The van der Waals surface area contributed by atoms with Crippen molar-refractivity contribution in [1.29, 1.82) is 0 Å². The van der Waals surface area contributed by atoms with E-state index in [2.05, 4.69) is 15.5 Å². The summed E-state index contributed by atoms with van der Waals surface area (Å²) < 4.78 is 27.7. The first kappa shape index (κ1) is 16.3. The molecule has 1 atom stereocenters. The van der Waals surface area contributed by atoms with Gasteiger partial charge in [-0.25, -0.2) is 9.07 Å². The van der Waals surface area contributed by atoms with Crippen LogP contribution in [0.2, 0.25) is 0 Å². The van der Waals surface area contributed by atoms with Crippen LogP contribution in [0.25, 0.3) is 0 Å². The number of hydrogen-bond donors (Lipinski definition) is 0. The molecule has 3 heterocycles. The summed E-state index contributed by atoms with van der Waals surface area (Å²) in [7, 11) is 0. The molecule has 1 aromatic carbocycles. The van der Waals surface area contributed by atoms with Gasteiger partial charge in [-0.2, -0.15) is 0 Å². The van der Waals surface area contributed by atoms with Crippen molar-refractivity contribution in [2.45, 2.75) is 19.1 Å². The molecule has 7 nitrogen and oxygen atoms in total. The van der Waals surface area contributed by atoms with Crippen LogP contribution in [0.1, 0.15) is 12.0 Å². The van der Waals surface area contributed by atoms with Crippen molar-refractivity contribution in [3.8, 4) is 0 Å². The summed E-state index contributed by atoms with van der Waals surface area (Å²) >= 11 is -0.777. The normalized spacial score (nSPS) is 21.3. The third-order valence-electron chi connectivity index (χ3n) is 4.39. The van der Waals surface area contributed by atoms with E-state index in [1.54, 1.807) is 23.1 Å². The van der Waals surface area contributed by atoms with Crippen LogP contribution in [0.15, 0.2) is 35.7 Å². The highest BCUT2D eigenvalue weighted by Gasteiger charge is 2.25. The molecule has 4 rings (SSSR count). The molecule has 9 heteroatoms. The highest BCUT2D eigenvalue weighted by Crippen LogP contribution is 2.25. The smallest absolute Gasteiger partial charge is 0.152 e. The van der Waals surface area contributed by atoms with Crippen LogP contribution in [0.4, 0.5) is 10.1 Å². The van der Waals surface area contributed by atoms with Crippen LogP contribution in [0.5, 0.6) is 0 Å². The predicted octanol–water partition coefficient (Wildman–Crippen LogP) is 1.18. The van der Waals surface area contributed by atoms with E-state index in [1.165, 1.54) is 6.07 Å². The maximum atomic E-state index is 14.6. The number of oxime groups is 1. The van der Waals surface area contributed by atoms with Gasteiger partial charge < -0.3 is 14.3 Å². The molecular formula is C16H18FN5O2S. The predicted molar refractivity (Wildman–Crippen MR) is 92.5 cm³/mol. The van der Waals surface area contributed by atoms with Gasteiger partial charge in [0.15, 0.2) is 6.10 Å². The first-order chi connectivity index (χ1) is 12.2. The van der Waals surface area contributed by atoms with E-state index in [9.17, 15) is 8.94 Å². The zero-order valence-electron chi connectivity index (χ0n) is 13.5. The number of rotatable bonds is 4. The van der Waals surface area contributed by atoms with Gasteiger partial charge in [-0.1, -0.05) is 27.6 Å². The molecular weight excluding hydrogens is 345 g/mol. The van der Waals surface area contributed by atoms with Gasteiger partial charge in [0.1, 0.15) is 17.3 Å². The first-order valence-electron chi connectivity index (χ1n) is 8.15. The molecule has 2 aliphatic heterocycles. The summed E-state index contributed by atoms with van der Waals surface area (Å²) in [4.78, 5) is 7.37. The Bertz CT molecular complexity index is 762. The lowest BCUT2D eigenvalue weighted by Crippen LogP contribution is -2.40. The van der Waals surface area contributed by atoms with E-state index in [0.717, 1.165) is 11.3 Å². The molecule has 1 aromatic heterocycles. The van der Waals surface area contributed by atoms with Gasteiger partial charge in [-0.3, -0.25) is 0 Å². The van der Waals surface area contributed by atoms with Crippen LogP contribution in [0.3, 0.4) is 0 Å². The topological polar surface area (TPSA) is 78.6 Å². The molecule has 0 unspecified atom stereocenters. The average molecular weight is 363 g/mol. The second-order valence-electron chi connectivity index (χ2n) is 6.10. The molecule has 0 spiro atoms. The standard InChI is InChI=1S/C16H18FN5O2S/c17-14-9-12(1-2-16(14)21-5-7-25(23)8-6-21)15-10-13(24-19-15)11-22-4-3-18-20-22/h1-4,9,13H,5-8,10-11H2/t13-/m0/s1. The van der Waals surface area contributed by atoms with Gasteiger partial charge >= 0.3 is 0 Å². The molecule has 2 aliphatic rings. The lowest BCUT2D eigenvalue weighted by molar-refractivity contribution is 0.0693. The van der Waals surface area contributed by atoms with E-state index >= 15 is 0 Å². The van der Waals surface area contributed by atoms with Crippen LogP contribution in [0, 0.1) is 5.82 Å². The highest BCUT2D eigenvalue weighted by molar-refractivity contribution is 7.91. The largest absolute Gasteiger partial charge is 0.616 e. The van der Waals surface area contributed by atoms with E-state index in [0.29, 0.717) is 43.2 Å². The number of halogens is 1. The lowest BCUT2D eigenvalue weighted by Gasteiger charge is -2.30. The van der Waals surface area contributed by atoms with Crippen molar-refractivity contribution in [2.24, 2.45) is 5.16 Å². The van der Waals surface area contributed by atoms with Gasteiger partial charge in [0.25, 0.3) is 0 Å². The Hall–Kier alpha value is -2.13. The number of aromatic nitrogens is 3. The number of benzene rings is 1. The molecule has 1 saturated heterocycles. The van der Waals surface area contributed by atoms with Crippen LogP contribution < -0.4 is 4.90 Å².